The van der Waals surface area contributed by atoms with Crippen LogP contribution >= 0.6 is 0 Å². The lowest BCUT2D eigenvalue weighted by Gasteiger charge is -2.37. The van der Waals surface area contributed by atoms with Gasteiger partial charge in [0.2, 0.25) is 0 Å². The molecule has 1 nitrogen and oxygen atoms in total. The molecule has 0 aromatic heterocycles. The van der Waals surface area contributed by atoms with Gasteiger partial charge in [-0.3, -0.25) is 0 Å². The third-order valence-corrected chi connectivity index (χ3v) is 4.40. The van der Waals surface area contributed by atoms with Gasteiger partial charge in [0.1, 0.15) is 0 Å². The molecular formula is C18H36O. The molecular weight excluding hydrogens is 232 g/mol. The van der Waals surface area contributed by atoms with E-state index in [0.717, 1.165) is 13.0 Å². The van der Waals surface area contributed by atoms with Crippen molar-refractivity contribution in [2.24, 2.45) is 5.92 Å². The Balaban J connectivity index is 4.18. The summed E-state index contributed by atoms with van der Waals surface area (Å²) in [5.41, 5.74) is -0.0904. The molecule has 0 aliphatic rings. The Morgan fingerprint density at radius 2 is 1.63 bits per heavy atom. The first kappa shape index (κ1) is 18.7. The van der Waals surface area contributed by atoms with Crippen molar-refractivity contribution in [1.29, 1.82) is 0 Å². The van der Waals surface area contributed by atoms with Crippen molar-refractivity contribution in [1.82, 2.24) is 0 Å². The Morgan fingerprint density at radius 3 is 2.11 bits per heavy atom. The summed E-state index contributed by atoms with van der Waals surface area (Å²) in [6.07, 6.45) is 13.8. The van der Waals surface area contributed by atoms with Gasteiger partial charge in [-0.1, -0.05) is 71.8 Å². The van der Waals surface area contributed by atoms with Gasteiger partial charge in [-0.2, -0.15) is 0 Å². The minimum Gasteiger partial charge on any atom is -0.371 e. The van der Waals surface area contributed by atoms with Gasteiger partial charge in [0.25, 0.3) is 0 Å². The second kappa shape index (κ2) is 11.5. The second-order valence-electron chi connectivity index (χ2n) is 5.61. The van der Waals surface area contributed by atoms with E-state index < -0.39 is 0 Å². The van der Waals surface area contributed by atoms with E-state index in [-0.39, 0.29) is 5.60 Å². The van der Waals surface area contributed by atoms with Gasteiger partial charge in [0.15, 0.2) is 0 Å². The topological polar surface area (TPSA) is 9.23 Å². The average molecular weight is 268 g/mol. The van der Waals surface area contributed by atoms with Gasteiger partial charge >= 0.3 is 0 Å². The van der Waals surface area contributed by atoms with E-state index in [1.54, 1.807) is 0 Å². The Labute approximate surface area is 121 Å². The van der Waals surface area contributed by atoms with Crippen molar-refractivity contribution in [3.8, 4) is 0 Å². The van der Waals surface area contributed by atoms with Gasteiger partial charge in [-0.15, -0.1) is 6.58 Å². The minimum absolute atomic E-state index is 0.0904. The van der Waals surface area contributed by atoms with Crippen molar-refractivity contribution >= 4 is 0 Å². The molecule has 19 heavy (non-hydrogen) atoms. The van der Waals surface area contributed by atoms with E-state index in [2.05, 4.69) is 40.3 Å². The summed E-state index contributed by atoms with van der Waals surface area (Å²) in [6, 6.07) is 0. The van der Waals surface area contributed by atoms with Crippen molar-refractivity contribution in [2.75, 3.05) is 6.61 Å². The molecule has 0 spiro atoms. The first-order valence-electron chi connectivity index (χ1n) is 8.48. The van der Waals surface area contributed by atoms with E-state index >= 15 is 0 Å². The standard InChI is InChI=1S/C18H36O/c1-6-11-12-13-14-15-16-17(7-2)18(8-3,9-4)19-10-5/h8,17H,3,6-7,9-16H2,1-2,4-5H3. The Hall–Kier alpha value is -0.300. The lowest BCUT2D eigenvalue weighted by Crippen LogP contribution is -2.38. The highest BCUT2D eigenvalue weighted by Crippen LogP contribution is 2.34. The van der Waals surface area contributed by atoms with Crippen LogP contribution in [0.4, 0.5) is 0 Å². The van der Waals surface area contributed by atoms with Crippen LogP contribution in [-0.4, -0.2) is 12.2 Å². The zero-order valence-corrected chi connectivity index (χ0v) is 13.8. The maximum absolute atomic E-state index is 6.06. The van der Waals surface area contributed by atoms with Crippen LogP contribution < -0.4 is 0 Å². The van der Waals surface area contributed by atoms with Crippen molar-refractivity contribution in [3.05, 3.63) is 12.7 Å². The van der Waals surface area contributed by atoms with Crippen LogP contribution in [0.15, 0.2) is 12.7 Å². The van der Waals surface area contributed by atoms with Gasteiger partial charge in [0, 0.05) is 6.61 Å². The van der Waals surface area contributed by atoms with Crippen molar-refractivity contribution < 1.29 is 4.74 Å². The molecule has 0 amide bonds. The van der Waals surface area contributed by atoms with Gasteiger partial charge in [-0.25, -0.2) is 0 Å². The third-order valence-electron chi connectivity index (χ3n) is 4.40. The quantitative estimate of drug-likeness (QED) is 0.288. The largest absolute Gasteiger partial charge is 0.371 e. The van der Waals surface area contributed by atoms with Crippen LogP contribution in [0.3, 0.4) is 0 Å². The summed E-state index contributed by atoms with van der Waals surface area (Å²) in [5.74, 6) is 0.626. The Bertz CT molecular complexity index is 212. The fourth-order valence-electron chi connectivity index (χ4n) is 3.11. The minimum atomic E-state index is -0.0904. The van der Waals surface area contributed by atoms with E-state index in [4.69, 9.17) is 4.74 Å². The molecule has 0 rings (SSSR count). The first-order chi connectivity index (χ1) is 9.20. The molecule has 0 N–H and O–H groups in total. The maximum Gasteiger partial charge on any atom is 0.0884 e. The summed E-state index contributed by atoms with van der Waals surface area (Å²) >= 11 is 0. The summed E-state index contributed by atoms with van der Waals surface area (Å²) in [7, 11) is 0. The first-order valence-corrected chi connectivity index (χ1v) is 8.48. The SMILES string of the molecule is C=CC(CC)(OCC)C(CC)CCCCCCCC. The molecule has 0 radical (unpaired) electrons. The van der Waals surface area contributed by atoms with Crippen LogP contribution in [0.5, 0.6) is 0 Å². The van der Waals surface area contributed by atoms with E-state index in [9.17, 15) is 0 Å². The molecule has 0 bridgehead atoms. The van der Waals surface area contributed by atoms with Gasteiger partial charge in [0.05, 0.1) is 5.60 Å². The lowest BCUT2D eigenvalue weighted by molar-refractivity contribution is -0.0518. The predicted octanol–water partition coefficient (Wildman–Crippen LogP) is 6.13. The van der Waals surface area contributed by atoms with Crippen molar-refractivity contribution in [2.45, 2.75) is 91.1 Å². The van der Waals surface area contributed by atoms with E-state index in [1.165, 1.54) is 51.4 Å². The number of ether oxygens (including phenoxy) is 1. The number of unbranched alkanes of at least 4 members (excludes halogenated alkanes) is 5. The molecule has 0 aliphatic heterocycles. The molecule has 0 saturated heterocycles. The number of rotatable bonds is 13. The molecule has 0 saturated carbocycles. The molecule has 0 heterocycles. The van der Waals surface area contributed by atoms with Gasteiger partial charge in [-0.05, 0) is 25.7 Å². The fourth-order valence-corrected chi connectivity index (χ4v) is 3.11. The van der Waals surface area contributed by atoms with E-state index in [1.807, 2.05) is 0 Å². The van der Waals surface area contributed by atoms with Crippen LogP contribution in [0.25, 0.3) is 0 Å². The van der Waals surface area contributed by atoms with Crippen LogP contribution in [0.2, 0.25) is 0 Å². The normalized spacial score (nSPS) is 16.0. The highest BCUT2D eigenvalue weighted by molar-refractivity contribution is 5.01. The molecule has 0 aromatic rings. The molecule has 1 heteroatoms. The fraction of sp³-hybridized carbons (Fsp3) is 0.889. The molecule has 0 fully saturated rings. The molecule has 2 atom stereocenters. The smallest absolute Gasteiger partial charge is 0.0884 e. The summed E-state index contributed by atoms with van der Waals surface area (Å²) in [5, 5.41) is 0. The lowest BCUT2D eigenvalue weighted by atomic mass is 9.79. The highest BCUT2D eigenvalue weighted by Gasteiger charge is 2.33. The van der Waals surface area contributed by atoms with Crippen LogP contribution in [-0.2, 0) is 4.74 Å². The monoisotopic (exact) mass is 268 g/mol. The second-order valence-corrected chi connectivity index (χ2v) is 5.61. The molecule has 0 aliphatic carbocycles. The molecule has 114 valence electrons. The van der Waals surface area contributed by atoms with Crippen molar-refractivity contribution in [3.63, 3.8) is 0 Å². The van der Waals surface area contributed by atoms with Gasteiger partial charge < -0.3 is 4.74 Å². The summed E-state index contributed by atoms with van der Waals surface area (Å²) < 4.78 is 6.06. The average Bonchev–Trinajstić information content (AvgIpc) is 2.45. The van der Waals surface area contributed by atoms with Crippen LogP contribution in [0, 0.1) is 5.92 Å². The summed E-state index contributed by atoms with van der Waals surface area (Å²) in [6.45, 7) is 13.7. The molecule has 0 aromatic carbocycles. The summed E-state index contributed by atoms with van der Waals surface area (Å²) in [4.78, 5) is 0. The zero-order chi connectivity index (χ0) is 14.6. The Kier molecular flexibility index (Phi) is 11.3. The molecule has 2 unspecified atom stereocenters. The predicted molar refractivity (Wildman–Crippen MR) is 86.6 cm³/mol. The number of hydrogen-bond acceptors (Lipinski definition) is 1. The zero-order valence-electron chi connectivity index (χ0n) is 13.8. The number of hydrogen-bond donors (Lipinski definition) is 0. The highest BCUT2D eigenvalue weighted by atomic mass is 16.5. The maximum atomic E-state index is 6.06. The van der Waals surface area contributed by atoms with E-state index in [0.29, 0.717) is 5.92 Å². The third kappa shape index (κ3) is 6.61. The Morgan fingerprint density at radius 1 is 1.00 bits per heavy atom. The van der Waals surface area contributed by atoms with Crippen LogP contribution in [0.1, 0.15) is 85.5 Å².